The molecule has 7 nitrogen and oxygen atoms in total. The van der Waals surface area contributed by atoms with Crippen molar-refractivity contribution in [3.05, 3.63) is 21.3 Å². The molecule has 1 aliphatic rings. The molecule has 0 radical (unpaired) electrons. The largest absolute Gasteiger partial charge is 0.458 e. The van der Waals surface area contributed by atoms with Crippen molar-refractivity contribution in [3.8, 4) is 0 Å². The van der Waals surface area contributed by atoms with Crippen LogP contribution in [0.2, 0.25) is 0 Å². The number of hydrogen-bond donors (Lipinski definition) is 1. The summed E-state index contributed by atoms with van der Waals surface area (Å²) >= 11 is 1.87. The van der Waals surface area contributed by atoms with Crippen molar-refractivity contribution in [2.24, 2.45) is 0 Å². The van der Waals surface area contributed by atoms with E-state index < -0.39 is 29.5 Å². The number of nitrogens with one attached hydrogen (secondary N) is 1. The van der Waals surface area contributed by atoms with Crippen LogP contribution in [0, 0.1) is 9.39 Å². The van der Waals surface area contributed by atoms with Crippen LogP contribution in [0.15, 0.2) is 6.20 Å². The highest BCUT2D eigenvalue weighted by atomic mass is 127. The highest BCUT2D eigenvalue weighted by molar-refractivity contribution is 14.1. The fourth-order valence-corrected chi connectivity index (χ4v) is 4.11. The number of alkyl halides is 1. The maximum absolute atomic E-state index is 14.6. The van der Waals surface area contributed by atoms with E-state index >= 15 is 0 Å². The molecule has 154 valence electrons. The lowest BCUT2D eigenvalue weighted by molar-refractivity contribution is -0.153. The Morgan fingerprint density at radius 2 is 2.25 bits per heavy atom. The topological polar surface area (TPSA) is 77.8 Å². The summed E-state index contributed by atoms with van der Waals surface area (Å²) in [7, 11) is 0. The number of halogens is 3. The van der Waals surface area contributed by atoms with Crippen molar-refractivity contribution in [2.45, 2.75) is 57.8 Å². The van der Waals surface area contributed by atoms with Crippen LogP contribution in [-0.2, 0) is 14.3 Å². The number of hydrogen-bond acceptors (Lipinski definition) is 6. The highest BCUT2D eigenvalue weighted by Gasteiger charge is 2.34. The Hall–Kier alpha value is -1.56. The van der Waals surface area contributed by atoms with Gasteiger partial charge in [-0.3, -0.25) is 4.79 Å². The zero-order chi connectivity index (χ0) is 20.6. The highest BCUT2D eigenvalue weighted by Crippen LogP contribution is 2.36. The summed E-state index contributed by atoms with van der Waals surface area (Å²) in [6.45, 7) is 6.73. The number of carbonyl (C=O) groups is 1. The molecule has 0 aliphatic carbocycles. The Morgan fingerprint density at radius 1 is 1.54 bits per heavy atom. The van der Waals surface area contributed by atoms with Crippen LogP contribution in [0.25, 0.3) is 5.52 Å². The third-order valence-electron chi connectivity index (χ3n) is 4.98. The molecule has 3 rings (SSSR count). The van der Waals surface area contributed by atoms with Gasteiger partial charge >= 0.3 is 5.97 Å². The molecule has 0 aromatic carbocycles. The number of ether oxygens (including phenoxy) is 2. The minimum absolute atomic E-state index is 0.185. The van der Waals surface area contributed by atoms with Crippen LogP contribution in [0.4, 0.5) is 14.7 Å². The summed E-state index contributed by atoms with van der Waals surface area (Å²) in [5, 5.41) is 7.54. The van der Waals surface area contributed by atoms with E-state index in [1.54, 1.807) is 6.92 Å². The fraction of sp³-hybridized carbons (Fsp3) is 0.611. The van der Waals surface area contributed by atoms with E-state index in [4.69, 9.17) is 9.47 Å². The van der Waals surface area contributed by atoms with Gasteiger partial charge in [-0.2, -0.15) is 0 Å². The second-order valence-electron chi connectivity index (χ2n) is 7.44. The number of anilines is 1. The molecule has 2 aromatic heterocycles. The summed E-state index contributed by atoms with van der Waals surface area (Å²) in [6.07, 6.45) is 1.49. The molecule has 28 heavy (non-hydrogen) atoms. The molecule has 1 N–H and O–H groups in total. The van der Waals surface area contributed by atoms with Crippen LogP contribution in [0.1, 0.15) is 45.7 Å². The van der Waals surface area contributed by atoms with E-state index in [9.17, 15) is 13.6 Å². The Labute approximate surface area is 175 Å². The van der Waals surface area contributed by atoms with Gasteiger partial charge < -0.3 is 14.8 Å². The van der Waals surface area contributed by atoms with Gasteiger partial charge in [-0.15, -0.1) is 5.10 Å². The number of esters is 1. The van der Waals surface area contributed by atoms with E-state index in [0.29, 0.717) is 22.3 Å². The summed E-state index contributed by atoms with van der Waals surface area (Å²) in [5.41, 5.74) is -0.917. The van der Waals surface area contributed by atoms with Crippen molar-refractivity contribution < 1.29 is 23.0 Å². The summed E-state index contributed by atoms with van der Waals surface area (Å²) in [4.78, 5) is 15.5. The number of nitrogens with zero attached hydrogens (tertiary/aromatic N) is 3. The lowest BCUT2D eigenvalue weighted by Crippen LogP contribution is -2.44. The average Bonchev–Trinajstić information content (AvgIpc) is 2.85. The lowest BCUT2D eigenvalue weighted by atomic mass is 9.92. The van der Waals surface area contributed by atoms with Crippen LogP contribution in [-0.4, -0.2) is 51.6 Å². The van der Waals surface area contributed by atoms with Gasteiger partial charge in [0.2, 0.25) is 5.95 Å². The first-order chi connectivity index (χ1) is 13.1. The van der Waals surface area contributed by atoms with E-state index in [-0.39, 0.29) is 24.1 Å². The standard InChI is InChI=1S/C18H23F2IN4O3/c1-9(18(3,4)20)16-15(21)14(19)12-7-22-17(24-25(12)16)23-11-5-6-27-8-13(11)28-10(2)26/h7,9,11,13H,5-6,8H2,1-4H3,(H,23,24). The summed E-state index contributed by atoms with van der Waals surface area (Å²) in [5.74, 6) is -1.21. The maximum Gasteiger partial charge on any atom is 0.303 e. The number of aromatic nitrogens is 3. The van der Waals surface area contributed by atoms with Gasteiger partial charge in [0.25, 0.3) is 0 Å². The van der Waals surface area contributed by atoms with Gasteiger partial charge in [0.05, 0.1) is 28.1 Å². The molecule has 1 saturated heterocycles. The number of carbonyl (C=O) groups excluding carboxylic acids is 1. The monoisotopic (exact) mass is 508 g/mol. The fourth-order valence-electron chi connectivity index (χ4n) is 3.14. The molecular formula is C18H23F2IN4O3. The predicted octanol–water partition coefficient (Wildman–Crippen LogP) is 3.46. The molecule has 0 bridgehead atoms. The Bertz CT molecular complexity index is 884. The van der Waals surface area contributed by atoms with Gasteiger partial charge in [-0.25, -0.2) is 18.3 Å². The molecular weight excluding hydrogens is 485 g/mol. The van der Waals surface area contributed by atoms with Gasteiger partial charge in [-0.05, 0) is 42.9 Å². The van der Waals surface area contributed by atoms with Crippen LogP contribution in [0.5, 0.6) is 0 Å². The van der Waals surface area contributed by atoms with Crippen molar-refractivity contribution in [3.63, 3.8) is 0 Å². The number of fused-ring (bicyclic) bond motifs is 1. The minimum Gasteiger partial charge on any atom is -0.458 e. The smallest absolute Gasteiger partial charge is 0.303 e. The van der Waals surface area contributed by atoms with E-state index in [1.165, 1.54) is 31.5 Å². The van der Waals surface area contributed by atoms with E-state index in [2.05, 4.69) is 15.4 Å². The van der Waals surface area contributed by atoms with E-state index in [1.807, 2.05) is 22.6 Å². The minimum atomic E-state index is -1.56. The zero-order valence-corrected chi connectivity index (χ0v) is 18.3. The summed E-state index contributed by atoms with van der Waals surface area (Å²) in [6, 6.07) is -0.243. The van der Waals surface area contributed by atoms with Gasteiger partial charge in [0.15, 0.2) is 5.82 Å². The molecule has 1 fully saturated rings. The van der Waals surface area contributed by atoms with Crippen molar-refractivity contribution >= 4 is 40.0 Å². The average molecular weight is 508 g/mol. The first-order valence-electron chi connectivity index (χ1n) is 9.02. The molecule has 0 amide bonds. The Morgan fingerprint density at radius 3 is 2.89 bits per heavy atom. The number of rotatable bonds is 5. The molecule has 3 heterocycles. The third-order valence-corrected chi connectivity index (χ3v) is 6.00. The van der Waals surface area contributed by atoms with Crippen molar-refractivity contribution in [1.29, 1.82) is 0 Å². The van der Waals surface area contributed by atoms with Crippen LogP contribution in [0.3, 0.4) is 0 Å². The molecule has 0 saturated carbocycles. The third kappa shape index (κ3) is 4.22. The zero-order valence-electron chi connectivity index (χ0n) is 16.1. The molecule has 0 spiro atoms. The molecule has 3 atom stereocenters. The maximum atomic E-state index is 14.6. The second kappa shape index (κ2) is 8.05. The first-order valence-corrected chi connectivity index (χ1v) is 10.1. The lowest BCUT2D eigenvalue weighted by Gasteiger charge is -2.31. The Balaban J connectivity index is 1.96. The Kier molecular flexibility index (Phi) is 6.08. The summed E-state index contributed by atoms with van der Waals surface area (Å²) < 4.78 is 41.6. The normalized spacial score (nSPS) is 21.5. The second-order valence-corrected chi connectivity index (χ2v) is 8.52. The van der Waals surface area contributed by atoms with Crippen LogP contribution < -0.4 is 5.32 Å². The predicted molar refractivity (Wildman–Crippen MR) is 108 cm³/mol. The molecule has 3 unspecified atom stereocenters. The van der Waals surface area contributed by atoms with Crippen molar-refractivity contribution in [2.75, 3.05) is 18.5 Å². The van der Waals surface area contributed by atoms with Gasteiger partial charge in [0.1, 0.15) is 17.3 Å². The molecule has 10 heteroatoms. The van der Waals surface area contributed by atoms with E-state index in [0.717, 1.165) is 0 Å². The molecule has 2 aromatic rings. The van der Waals surface area contributed by atoms with Crippen molar-refractivity contribution in [1.82, 2.24) is 14.6 Å². The SMILES string of the molecule is CC(=O)OC1COCCC1Nc1ncc2c(F)c(I)c(C(C)C(C)(C)F)n2n1. The quantitative estimate of drug-likeness (QED) is 0.493. The van der Waals surface area contributed by atoms with Gasteiger partial charge in [-0.1, -0.05) is 6.92 Å². The van der Waals surface area contributed by atoms with Gasteiger partial charge in [0, 0.05) is 19.4 Å². The van der Waals surface area contributed by atoms with Crippen LogP contribution >= 0.6 is 22.6 Å². The molecule has 1 aliphatic heterocycles. The first kappa shape index (κ1) is 21.2.